The Hall–Kier alpha value is -3.52. The van der Waals surface area contributed by atoms with Gasteiger partial charge < -0.3 is 11.1 Å². The molecule has 4 amide bonds. The number of fused-ring (bicyclic) bond motifs is 1. The van der Waals surface area contributed by atoms with Gasteiger partial charge in [-0.05, 0) is 42.5 Å². The van der Waals surface area contributed by atoms with Crippen LogP contribution in [0.3, 0.4) is 0 Å². The number of amides is 4. The quantitative estimate of drug-likeness (QED) is 0.635. The maximum Gasteiger partial charge on any atom is 0.262 e. The number of benzene rings is 2. The Bertz CT molecular complexity index is 1140. The summed E-state index contributed by atoms with van der Waals surface area (Å²) in [7, 11) is 0. The lowest BCUT2D eigenvalue weighted by Crippen LogP contribution is -2.54. The predicted octanol–water partition coefficient (Wildman–Crippen LogP) is 1.65. The van der Waals surface area contributed by atoms with Crippen molar-refractivity contribution >= 4 is 29.3 Å². The van der Waals surface area contributed by atoms with Crippen LogP contribution in [0.4, 0.5) is 5.69 Å². The number of hydrogen-bond donors (Lipinski definition) is 3. The van der Waals surface area contributed by atoms with E-state index in [0.717, 1.165) is 29.0 Å². The molecule has 0 bridgehead atoms. The summed E-state index contributed by atoms with van der Waals surface area (Å²) in [4.78, 5) is 50.9. The number of para-hydroxylation sites is 1. The van der Waals surface area contributed by atoms with Crippen LogP contribution in [-0.2, 0) is 21.7 Å². The summed E-state index contributed by atoms with van der Waals surface area (Å²) in [6.45, 7) is 0.332. The average molecular weight is 418 g/mol. The minimum Gasteiger partial charge on any atom is -0.381 e. The molecule has 0 spiro atoms. The molecular weight excluding hydrogens is 396 g/mol. The minimum absolute atomic E-state index is 0.0931. The number of carbonyl (C=O) groups excluding carboxylic acids is 4. The normalized spacial score (nSPS) is 21.7. The SMILES string of the molecule is NC1(c2ccccc2NCc2cccc3c2C(=O)N(C2CCC(=O)NC2=O)C3=O)CC1. The topological polar surface area (TPSA) is 122 Å². The second-order valence-electron chi connectivity index (χ2n) is 8.34. The first-order chi connectivity index (χ1) is 14.9. The molecule has 0 radical (unpaired) electrons. The van der Waals surface area contributed by atoms with Crippen LogP contribution >= 0.6 is 0 Å². The van der Waals surface area contributed by atoms with E-state index < -0.39 is 29.7 Å². The van der Waals surface area contributed by atoms with Gasteiger partial charge >= 0.3 is 0 Å². The van der Waals surface area contributed by atoms with Crippen LogP contribution in [0.1, 0.15) is 57.5 Å². The van der Waals surface area contributed by atoms with E-state index in [1.54, 1.807) is 18.2 Å². The van der Waals surface area contributed by atoms with Crippen molar-refractivity contribution in [2.45, 2.75) is 43.8 Å². The third kappa shape index (κ3) is 3.19. The summed E-state index contributed by atoms with van der Waals surface area (Å²) in [6, 6.07) is 12.0. The van der Waals surface area contributed by atoms with Crippen molar-refractivity contribution in [3.63, 3.8) is 0 Å². The first-order valence-electron chi connectivity index (χ1n) is 10.3. The summed E-state index contributed by atoms with van der Waals surface area (Å²) >= 11 is 0. The Morgan fingerprint density at radius 1 is 1.03 bits per heavy atom. The minimum atomic E-state index is -0.974. The first-order valence-corrected chi connectivity index (χ1v) is 10.3. The molecule has 2 aromatic carbocycles. The second kappa shape index (κ2) is 7.02. The summed E-state index contributed by atoms with van der Waals surface area (Å²) in [6.07, 6.45) is 2.09. The molecule has 2 heterocycles. The van der Waals surface area contributed by atoms with Gasteiger partial charge in [0.25, 0.3) is 11.8 Å². The van der Waals surface area contributed by atoms with Crippen LogP contribution in [0.5, 0.6) is 0 Å². The maximum absolute atomic E-state index is 13.2. The van der Waals surface area contributed by atoms with Crippen molar-refractivity contribution in [3.05, 3.63) is 64.7 Å². The molecule has 1 aliphatic carbocycles. The van der Waals surface area contributed by atoms with Gasteiger partial charge in [0.1, 0.15) is 6.04 Å². The first kappa shape index (κ1) is 19.4. The smallest absolute Gasteiger partial charge is 0.262 e. The van der Waals surface area contributed by atoms with Gasteiger partial charge in [0.05, 0.1) is 11.1 Å². The molecule has 1 unspecified atom stereocenters. The van der Waals surface area contributed by atoms with Gasteiger partial charge in [-0.3, -0.25) is 29.4 Å². The summed E-state index contributed by atoms with van der Waals surface area (Å²) < 4.78 is 0. The van der Waals surface area contributed by atoms with Gasteiger partial charge in [-0.15, -0.1) is 0 Å². The van der Waals surface area contributed by atoms with Crippen LogP contribution in [0, 0.1) is 0 Å². The number of piperidine rings is 1. The molecule has 158 valence electrons. The molecule has 8 nitrogen and oxygen atoms in total. The van der Waals surface area contributed by atoms with E-state index in [2.05, 4.69) is 10.6 Å². The van der Waals surface area contributed by atoms with Crippen LogP contribution < -0.4 is 16.4 Å². The molecule has 1 atom stereocenters. The highest BCUT2D eigenvalue weighted by molar-refractivity contribution is 6.24. The molecule has 3 aliphatic rings. The number of imide groups is 2. The maximum atomic E-state index is 13.2. The fourth-order valence-electron chi connectivity index (χ4n) is 4.40. The monoisotopic (exact) mass is 418 g/mol. The molecular formula is C23H22N4O4. The third-order valence-electron chi connectivity index (χ3n) is 6.28. The number of hydrogen-bond acceptors (Lipinski definition) is 6. The summed E-state index contributed by atoms with van der Waals surface area (Å²) in [5.74, 6) is -2.01. The third-order valence-corrected chi connectivity index (χ3v) is 6.28. The highest BCUT2D eigenvalue weighted by atomic mass is 16.2. The van der Waals surface area contributed by atoms with E-state index in [1.165, 1.54) is 0 Å². The molecule has 1 saturated heterocycles. The van der Waals surface area contributed by atoms with Crippen LogP contribution in [-0.4, -0.2) is 34.6 Å². The Balaban J connectivity index is 1.42. The molecule has 2 aliphatic heterocycles. The summed E-state index contributed by atoms with van der Waals surface area (Å²) in [5, 5.41) is 5.58. The molecule has 2 aromatic rings. The number of nitrogens with two attached hydrogens (primary N) is 1. The van der Waals surface area contributed by atoms with Gasteiger partial charge in [-0.25, -0.2) is 0 Å². The van der Waals surface area contributed by atoms with Crippen molar-refractivity contribution in [2.24, 2.45) is 5.73 Å². The van der Waals surface area contributed by atoms with Crippen molar-refractivity contribution < 1.29 is 19.2 Å². The number of anilines is 1. The molecule has 1 saturated carbocycles. The standard InChI is InChI=1S/C23H22N4O4/c24-23(10-11-23)15-6-1-2-7-16(15)25-12-13-4-3-5-14-19(13)22(31)27(21(14)30)17-8-9-18(28)26-20(17)29/h1-7,17,25H,8-12,24H2,(H,26,28,29). The number of rotatable bonds is 5. The zero-order valence-corrected chi connectivity index (χ0v) is 16.8. The number of nitrogens with one attached hydrogen (secondary N) is 2. The Labute approximate surface area is 178 Å². The molecule has 31 heavy (non-hydrogen) atoms. The Morgan fingerprint density at radius 3 is 2.55 bits per heavy atom. The fourth-order valence-corrected chi connectivity index (χ4v) is 4.40. The highest BCUT2D eigenvalue weighted by Gasteiger charge is 2.45. The van der Waals surface area contributed by atoms with E-state index in [0.29, 0.717) is 17.7 Å². The van der Waals surface area contributed by atoms with Crippen LogP contribution in [0.15, 0.2) is 42.5 Å². The van der Waals surface area contributed by atoms with Gasteiger partial charge in [-0.1, -0.05) is 30.3 Å². The average Bonchev–Trinajstić information content (AvgIpc) is 3.46. The van der Waals surface area contributed by atoms with E-state index >= 15 is 0 Å². The lowest BCUT2D eigenvalue weighted by Gasteiger charge is -2.27. The zero-order chi connectivity index (χ0) is 21.8. The van der Waals surface area contributed by atoms with Crippen molar-refractivity contribution in [2.75, 3.05) is 5.32 Å². The molecule has 4 N–H and O–H groups in total. The Morgan fingerprint density at radius 2 is 1.81 bits per heavy atom. The van der Waals surface area contributed by atoms with Crippen LogP contribution in [0.25, 0.3) is 0 Å². The van der Waals surface area contributed by atoms with Crippen molar-refractivity contribution in [1.29, 1.82) is 0 Å². The number of carbonyl (C=O) groups is 4. The molecule has 8 heteroatoms. The van der Waals surface area contributed by atoms with Gasteiger partial charge in [0, 0.05) is 24.2 Å². The lowest BCUT2D eigenvalue weighted by atomic mass is 10.0. The lowest BCUT2D eigenvalue weighted by molar-refractivity contribution is -0.136. The predicted molar refractivity (Wildman–Crippen MR) is 112 cm³/mol. The fraction of sp³-hybridized carbons (Fsp3) is 0.304. The van der Waals surface area contributed by atoms with E-state index in [1.807, 2.05) is 24.3 Å². The van der Waals surface area contributed by atoms with Gasteiger partial charge in [-0.2, -0.15) is 0 Å². The molecule has 2 fully saturated rings. The van der Waals surface area contributed by atoms with Crippen molar-refractivity contribution in [1.82, 2.24) is 10.2 Å². The van der Waals surface area contributed by atoms with E-state index in [9.17, 15) is 19.2 Å². The summed E-state index contributed by atoms with van der Waals surface area (Å²) in [5.41, 5.74) is 9.26. The van der Waals surface area contributed by atoms with Gasteiger partial charge in [0.2, 0.25) is 11.8 Å². The highest BCUT2D eigenvalue weighted by Crippen LogP contribution is 2.45. The largest absolute Gasteiger partial charge is 0.381 e. The van der Waals surface area contributed by atoms with E-state index in [-0.39, 0.29) is 23.9 Å². The number of nitrogens with zero attached hydrogens (tertiary/aromatic N) is 1. The van der Waals surface area contributed by atoms with Crippen LogP contribution in [0.2, 0.25) is 0 Å². The van der Waals surface area contributed by atoms with Crippen molar-refractivity contribution in [3.8, 4) is 0 Å². The second-order valence-corrected chi connectivity index (χ2v) is 8.34. The zero-order valence-electron chi connectivity index (χ0n) is 16.8. The Kier molecular flexibility index (Phi) is 4.40. The molecule has 0 aromatic heterocycles. The van der Waals surface area contributed by atoms with Gasteiger partial charge in [0.15, 0.2) is 0 Å². The van der Waals surface area contributed by atoms with E-state index in [4.69, 9.17) is 5.73 Å². The molecule has 5 rings (SSSR count).